The van der Waals surface area contributed by atoms with Crippen molar-refractivity contribution in [1.29, 1.82) is 0 Å². The minimum absolute atomic E-state index is 0.00752. The highest BCUT2D eigenvalue weighted by atomic mass is 19.4. The van der Waals surface area contributed by atoms with Crippen molar-refractivity contribution in [3.8, 4) is 0 Å². The SMILES string of the molecule is CC(=O)OCNC(=O)c1cc(C)c(N=C=O)c(N=C=O)c1C(F)(F)C(F)(F)C(F)(F)C(F)(F)C(F)(F)C(F)(F)C(F)(F)C(F)(F)C(F)(F)C(F)(F)C(F)(F)C(F)(F)C(F)(F)C(F)(F)C(F)(F)C(F)(F)C(F)(F)C(F)(F)C(F)(F)F. The first kappa shape index (κ1) is 71.2. The highest BCUT2D eigenvalue weighted by molar-refractivity contribution is 5.99. The zero-order valence-electron chi connectivity index (χ0n) is 35.5. The molecule has 0 saturated carbocycles. The van der Waals surface area contributed by atoms with E-state index >= 15 is 26.3 Å². The molecule has 1 amide bonds. The standard InChI is InChI=1S/C32H10F39N3O5/c1-7-3-9(13(78)74-6-79-8(2)77)10(12(73-5-76)11(7)72-4-75)14(33,34)15(35,36)16(37,38)17(39,40)18(41,42)19(43,44)20(45,46)21(47,48)22(49,50)23(51,52)24(53,54)25(55,56)26(57,58)27(59,60)28(61,62)29(63,64)30(65,66)31(67,68)32(69,70)71/h3H,6H2,1-2H3,(H,74,78). The Morgan fingerprint density at radius 3 is 0.861 bits per heavy atom. The quantitative estimate of drug-likeness (QED) is 0.0385. The summed E-state index contributed by atoms with van der Waals surface area (Å²) in [7, 11) is 0. The molecule has 0 radical (unpaired) electrons. The lowest BCUT2D eigenvalue weighted by Crippen LogP contribution is -2.80. The smallest absolute Gasteiger partial charge is 0.445 e. The van der Waals surface area contributed by atoms with Gasteiger partial charge in [-0.1, -0.05) is 0 Å². The van der Waals surface area contributed by atoms with Gasteiger partial charge in [0.25, 0.3) is 5.91 Å². The molecule has 8 nitrogen and oxygen atoms in total. The van der Waals surface area contributed by atoms with Crippen LogP contribution in [0.4, 0.5) is 183 Å². The number of rotatable bonds is 23. The van der Waals surface area contributed by atoms with E-state index in [0.29, 0.717) is 13.8 Å². The van der Waals surface area contributed by atoms with Gasteiger partial charge in [0.2, 0.25) is 12.2 Å². The molecule has 1 aromatic rings. The van der Waals surface area contributed by atoms with Crippen molar-refractivity contribution in [1.82, 2.24) is 5.32 Å². The monoisotopic (exact) mass is 1260 g/mol. The molecule has 1 N–H and O–H groups in total. The maximum Gasteiger partial charge on any atom is 0.460 e. The molecular formula is C32H10F39N3O5. The van der Waals surface area contributed by atoms with Gasteiger partial charge in [-0.15, -0.1) is 0 Å². The Morgan fingerprint density at radius 2 is 0.633 bits per heavy atom. The number of hydrogen-bond acceptors (Lipinski definition) is 7. The number of carbonyl (C=O) groups excluding carboxylic acids is 4. The van der Waals surface area contributed by atoms with Gasteiger partial charge in [0.1, 0.15) is 11.4 Å². The molecule has 0 aliphatic rings. The molecule has 0 atom stereocenters. The topological polar surface area (TPSA) is 114 Å². The zero-order chi connectivity index (χ0) is 64.2. The van der Waals surface area contributed by atoms with Gasteiger partial charge in [-0.2, -0.15) is 181 Å². The van der Waals surface area contributed by atoms with E-state index in [9.17, 15) is 164 Å². The molecule has 0 aliphatic heterocycles. The van der Waals surface area contributed by atoms with Crippen molar-refractivity contribution in [2.24, 2.45) is 9.98 Å². The van der Waals surface area contributed by atoms with Crippen molar-refractivity contribution in [3.05, 3.63) is 22.8 Å². The highest BCUT2D eigenvalue weighted by Gasteiger charge is 3.03. The Kier molecular flexibility index (Phi) is 17.5. The van der Waals surface area contributed by atoms with Crippen molar-refractivity contribution in [2.45, 2.75) is 127 Å². The Bertz CT molecular complexity index is 2610. The first-order chi connectivity index (χ1) is 34.1. The van der Waals surface area contributed by atoms with Crippen molar-refractivity contribution < 1.29 is 195 Å². The number of isocyanates is 2. The third kappa shape index (κ3) is 9.05. The number of halogens is 39. The third-order valence-corrected chi connectivity index (χ3v) is 9.91. The van der Waals surface area contributed by atoms with Crippen LogP contribution in [0.15, 0.2) is 16.1 Å². The molecule has 79 heavy (non-hydrogen) atoms. The average molecular weight is 1260 g/mol. The summed E-state index contributed by atoms with van der Waals surface area (Å²) in [5.41, 5.74) is -12.5. The average Bonchev–Trinajstić information content (AvgIpc) is 3.25. The van der Waals surface area contributed by atoms with Crippen LogP contribution in [0, 0.1) is 6.92 Å². The normalized spacial score (nSPS) is 15.6. The van der Waals surface area contributed by atoms with Gasteiger partial charge in [0, 0.05) is 6.92 Å². The van der Waals surface area contributed by atoms with E-state index in [-0.39, 0.29) is 12.2 Å². The minimum Gasteiger partial charge on any atom is -0.445 e. The number of hydrogen-bond donors (Lipinski definition) is 1. The summed E-state index contributed by atoms with van der Waals surface area (Å²) in [6.45, 7) is -0.984. The van der Waals surface area contributed by atoms with Gasteiger partial charge >= 0.3 is 119 Å². The number of nitrogens with zero attached hydrogens (tertiary/aromatic N) is 2. The molecule has 1 aromatic carbocycles. The Morgan fingerprint density at radius 1 is 0.405 bits per heavy atom. The molecule has 0 aliphatic carbocycles. The van der Waals surface area contributed by atoms with E-state index in [1.165, 1.54) is 0 Å². The van der Waals surface area contributed by atoms with Gasteiger partial charge in [-0.25, -0.2) is 9.59 Å². The fourth-order valence-electron chi connectivity index (χ4n) is 5.42. The van der Waals surface area contributed by atoms with E-state index < -0.39 is 166 Å². The number of carbonyl (C=O) groups is 2. The van der Waals surface area contributed by atoms with Crippen molar-refractivity contribution in [2.75, 3.05) is 6.73 Å². The van der Waals surface area contributed by atoms with Crippen molar-refractivity contribution in [3.63, 3.8) is 0 Å². The summed E-state index contributed by atoms with van der Waals surface area (Å²) < 4.78 is 557. The number of esters is 1. The van der Waals surface area contributed by atoms with Gasteiger partial charge < -0.3 is 10.1 Å². The minimum atomic E-state index is -10.7. The zero-order valence-corrected chi connectivity index (χ0v) is 35.5. The fourth-order valence-corrected chi connectivity index (χ4v) is 5.42. The number of ether oxygens (including phenoxy) is 1. The Labute approximate surface area is 402 Å². The van der Waals surface area contributed by atoms with E-state index in [2.05, 4.69) is 14.7 Å². The molecule has 0 unspecified atom stereocenters. The summed E-state index contributed by atoms with van der Waals surface area (Å²) in [5, 5.41) is 1.04. The molecule has 0 saturated heterocycles. The summed E-state index contributed by atoms with van der Waals surface area (Å²) in [6, 6.07) is -0.493. The summed E-state index contributed by atoms with van der Waals surface area (Å²) in [6.07, 6.45) is -8.28. The second-order valence-electron chi connectivity index (χ2n) is 14.8. The largest absolute Gasteiger partial charge is 0.460 e. The number of aliphatic imine (C=N–C) groups is 2. The first-order valence-corrected chi connectivity index (χ1v) is 17.8. The molecule has 0 bridgehead atoms. The molecule has 1 rings (SSSR count). The molecule has 0 heterocycles. The van der Waals surface area contributed by atoms with Crippen molar-refractivity contribution >= 4 is 35.4 Å². The number of benzene rings is 1. The van der Waals surface area contributed by atoms with Crippen LogP contribution >= 0.6 is 0 Å². The molecule has 456 valence electrons. The first-order valence-electron chi connectivity index (χ1n) is 17.8. The Balaban J connectivity index is 4.37. The lowest BCUT2D eigenvalue weighted by Gasteiger charge is -2.47. The molecule has 0 aromatic heterocycles. The number of alkyl halides is 39. The predicted molar refractivity (Wildman–Crippen MR) is 165 cm³/mol. The lowest BCUT2D eigenvalue weighted by atomic mass is 9.81. The summed E-state index contributed by atoms with van der Waals surface area (Å²) >= 11 is 0. The van der Waals surface area contributed by atoms with Crippen LogP contribution in [0.1, 0.15) is 28.4 Å². The van der Waals surface area contributed by atoms with E-state index in [1.807, 2.05) is 0 Å². The third-order valence-electron chi connectivity index (χ3n) is 9.91. The van der Waals surface area contributed by atoms with Crippen LogP contribution in [-0.4, -0.2) is 138 Å². The molecular weight excluding hydrogens is 1250 g/mol. The Hall–Kier alpha value is -5.81. The maximum absolute atomic E-state index is 15.7. The van der Waals surface area contributed by atoms with Gasteiger partial charge in [0.15, 0.2) is 6.73 Å². The number of nitrogens with one attached hydrogen (secondary N) is 1. The van der Waals surface area contributed by atoms with Gasteiger partial charge in [-0.3, -0.25) is 9.59 Å². The van der Waals surface area contributed by atoms with Gasteiger partial charge in [0.05, 0.1) is 11.1 Å². The van der Waals surface area contributed by atoms with E-state index in [4.69, 9.17) is 0 Å². The highest BCUT2D eigenvalue weighted by Crippen LogP contribution is 2.71. The van der Waals surface area contributed by atoms with Crippen LogP contribution in [0.5, 0.6) is 0 Å². The second-order valence-corrected chi connectivity index (χ2v) is 14.8. The van der Waals surface area contributed by atoms with Crippen LogP contribution in [0.25, 0.3) is 0 Å². The van der Waals surface area contributed by atoms with Gasteiger partial charge in [-0.05, 0) is 18.6 Å². The molecule has 0 spiro atoms. The lowest BCUT2D eigenvalue weighted by molar-refractivity contribution is -0.495. The van der Waals surface area contributed by atoms with Crippen LogP contribution in [0.2, 0.25) is 0 Å². The summed E-state index contributed by atoms with van der Waals surface area (Å²) in [4.78, 5) is 49.7. The maximum atomic E-state index is 15.7. The van der Waals surface area contributed by atoms with Crippen LogP contribution < -0.4 is 5.32 Å². The number of aryl methyl sites for hydroxylation is 1. The van der Waals surface area contributed by atoms with E-state index in [1.54, 1.807) is 0 Å². The van der Waals surface area contributed by atoms with Crippen LogP contribution in [-0.2, 0) is 25.0 Å². The predicted octanol–water partition coefficient (Wildman–Crippen LogP) is 13.6. The summed E-state index contributed by atoms with van der Waals surface area (Å²) in [5.74, 6) is -185. The number of amides is 1. The molecule has 47 heteroatoms. The fraction of sp³-hybridized carbons (Fsp3) is 0.688. The second kappa shape index (κ2) is 19.4. The van der Waals surface area contributed by atoms with Crippen LogP contribution in [0.3, 0.4) is 0 Å². The van der Waals surface area contributed by atoms with E-state index in [0.717, 1.165) is 5.32 Å². The molecule has 0 fully saturated rings.